The quantitative estimate of drug-likeness (QED) is 0.874. The number of hydrogen-bond donors (Lipinski definition) is 1. The zero-order valence-corrected chi connectivity index (χ0v) is 12.5. The molecule has 0 saturated carbocycles. The molecule has 0 spiro atoms. The molecule has 0 fully saturated rings. The van der Waals surface area contributed by atoms with Crippen LogP contribution in [0.1, 0.15) is 25.5 Å². The van der Waals surface area contributed by atoms with Gasteiger partial charge in [-0.2, -0.15) is 0 Å². The van der Waals surface area contributed by atoms with Crippen LogP contribution < -0.4 is 14.2 Å². The summed E-state index contributed by atoms with van der Waals surface area (Å²) in [6.07, 6.45) is -0.699. The first-order chi connectivity index (χ1) is 10.2. The maximum Gasteiger partial charge on any atom is 0.169 e. The number of hydrogen-bond acceptors (Lipinski definition) is 4. The number of aliphatic hydroxyl groups is 1. The minimum absolute atomic E-state index is 0.552. The molecule has 0 bridgehead atoms. The normalized spacial score (nSPS) is 11.8. The van der Waals surface area contributed by atoms with E-state index in [-0.39, 0.29) is 0 Å². The van der Waals surface area contributed by atoms with Gasteiger partial charge < -0.3 is 19.3 Å². The molecule has 1 unspecified atom stereocenters. The van der Waals surface area contributed by atoms with E-state index in [0.717, 1.165) is 0 Å². The van der Waals surface area contributed by atoms with E-state index in [1.54, 1.807) is 26.2 Å². The van der Waals surface area contributed by atoms with E-state index in [1.165, 1.54) is 0 Å². The molecular formula is C17H20O4. The van der Waals surface area contributed by atoms with Crippen molar-refractivity contribution >= 4 is 0 Å². The van der Waals surface area contributed by atoms with Crippen LogP contribution >= 0.6 is 0 Å². The molecule has 112 valence electrons. The van der Waals surface area contributed by atoms with Gasteiger partial charge in [0.05, 0.1) is 25.4 Å². The molecule has 1 atom stereocenters. The summed E-state index contributed by atoms with van der Waals surface area (Å²) in [5.74, 6) is 2.42. The highest BCUT2D eigenvalue weighted by atomic mass is 16.5. The molecule has 4 nitrogen and oxygen atoms in total. The van der Waals surface area contributed by atoms with Crippen molar-refractivity contribution in [3.8, 4) is 23.0 Å². The van der Waals surface area contributed by atoms with Crippen LogP contribution in [0.5, 0.6) is 23.0 Å². The summed E-state index contributed by atoms with van der Waals surface area (Å²) < 4.78 is 16.8. The number of benzene rings is 2. The summed E-state index contributed by atoms with van der Waals surface area (Å²) in [7, 11) is 1.57. The average molecular weight is 288 g/mol. The van der Waals surface area contributed by atoms with Crippen LogP contribution in [0.2, 0.25) is 0 Å². The van der Waals surface area contributed by atoms with Crippen LogP contribution in [-0.4, -0.2) is 18.8 Å². The Balaban J connectivity index is 2.40. The van der Waals surface area contributed by atoms with Crippen molar-refractivity contribution in [1.82, 2.24) is 0 Å². The predicted octanol–water partition coefficient (Wildman–Crippen LogP) is 3.94. The Morgan fingerprint density at radius 2 is 1.57 bits per heavy atom. The second kappa shape index (κ2) is 6.99. The highest BCUT2D eigenvalue weighted by Gasteiger charge is 2.17. The lowest BCUT2D eigenvalue weighted by Gasteiger charge is -2.17. The van der Waals surface area contributed by atoms with E-state index in [4.69, 9.17) is 14.2 Å². The number of para-hydroxylation sites is 2. The van der Waals surface area contributed by atoms with Crippen molar-refractivity contribution < 1.29 is 19.3 Å². The van der Waals surface area contributed by atoms with Gasteiger partial charge in [-0.1, -0.05) is 18.2 Å². The molecule has 0 aliphatic carbocycles. The first-order valence-electron chi connectivity index (χ1n) is 6.92. The Hall–Kier alpha value is -2.20. The molecule has 2 aromatic rings. The molecule has 0 aliphatic heterocycles. The minimum atomic E-state index is -0.699. The summed E-state index contributed by atoms with van der Waals surface area (Å²) in [4.78, 5) is 0. The van der Waals surface area contributed by atoms with Crippen molar-refractivity contribution in [2.24, 2.45) is 0 Å². The summed E-state index contributed by atoms with van der Waals surface area (Å²) in [5.41, 5.74) is 0.617. The molecule has 1 N–H and O–H groups in total. The van der Waals surface area contributed by atoms with Crippen molar-refractivity contribution in [2.45, 2.75) is 20.0 Å². The van der Waals surface area contributed by atoms with Crippen molar-refractivity contribution in [3.63, 3.8) is 0 Å². The molecule has 4 heteroatoms. The van der Waals surface area contributed by atoms with Gasteiger partial charge in [0.15, 0.2) is 11.5 Å². The SMILES string of the molecule is CCOc1ccccc1Oc1cccc(OC)c1C(C)O. The maximum absolute atomic E-state index is 9.98. The monoisotopic (exact) mass is 288 g/mol. The number of ether oxygens (including phenoxy) is 3. The van der Waals surface area contributed by atoms with Gasteiger partial charge in [0.1, 0.15) is 11.5 Å². The van der Waals surface area contributed by atoms with Gasteiger partial charge in [-0.25, -0.2) is 0 Å². The van der Waals surface area contributed by atoms with Crippen LogP contribution in [0.4, 0.5) is 0 Å². The fourth-order valence-electron chi connectivity index (χ4n) is 2.13. The molecular weight excluding hydrogens is 268 g/mol. The van der Waals surface area contributed by atoms with Crippen LogP contribution in [-0.2, 0) is 0 Å². The third-order valence-electron chi connectivity index (χ3n) is 3.03. The van der Waals surface area contributed by atoms with E-state index >= 15 is 0 Å². The second-order valence-electron chi connectivity index (χ2n) is 4.53. The van der Waals surface area contributed by atoms with Crippen LogP contribution in [0, 0.1) is 0 Å². The van der Waals surface area contributed by atoms with E-state index in [0.29, 0.717) is 35.2 Å². The lowest BCUT2D eigenvalue weighted by atomic mass is 10.1. The Kier molecular flexibility index (Phi) is 5.06. The standard InChI is InChI=1S/C17H20O4/c1-4-20-13-8-5-6-9-14(13)21-16-11-7-10-15(19-3)17(16)12(2)18/h5-12,18H,4H2,1-3H3. The van der Waals surface area contributed by atoms with Gasteiger partial charge in [0, 0.05) is 0 Å². The highest BCUT2D eigenvalue weighted by Crippen LogP contribution is 2.39. The lowest BCUT2D eigenvalue weighted by Crippen LogP contribution is -2.01. The van der Waals surface area contributed by atoms with Gasteiger partial charge in [0.25, 0.3) is 0 Å². The van der Waals surface area contributed by atoms with E-state index < -0.39 is 6.10 Å². The van der Waals surface area contributed by atoms with Gasteiger partial charge in [-0.3, -0.25) is 0 Å². The maximum atomic E-state index is 9.98. The Labute approximate surface area is 124 Å². The zero-order chi connectivity index (χ0) is 15.2. The smallest absolute Gasteiger partial charge is 0.169 e. The lowest BCUT2D eigenvalue weighted by molar-refractivity contribution is 0.190. The molecule has 0 heterocycles. The summed E-state index contributed by atoms with van der Waals surface area (Å²) in [6.45, 7) is 4.16. The molecule has 2 aromatic carbocycles. The second-order valence-corrected chi connectivity index (χ2v) is 4.53. The van der Waals surface area contributed by atoms with Gasteiger partial charge >= 0.3 is 0 Å². The van der Waals surface area contributed by atoms with E-state index in [2.05, 4.69) is 0 Å². The third kappa shape index (κ3) is 3.47. The Morgan fingerprint density at radius 1 is 0.952 bits per heavy atom. The summed E-state index contributed by atoms with van der Waals surface area (Å²) in [6, 6.07) is 12.9. The van der Waals surface area contributed by atoms with Crippen LogP contribution in [0.25, 0.3) is 0 Å². The molecule has 0 aromatic heterocycles. The Bertz CT molecular complexity index is 593. The Morgan fingerprint density at radius 3 is 2.19 bits per heavy atom. The number of aliphatic hydroxyl groups excluding tert-OH is 1. The molecule has 0 amide bonds. The average Bonchev–Trinajstić information content (AvgIpc) is 2.49. The van der Waals surface area contributed by atoms with Gasteiger partial charge in [0.2, 0.25) is 0 Å². The molecule has 21 heavy (non-hydrogen) atoms. The van der Waals surface area contributed by atoms with Crippen molar-refractivity contribution in [3.05, 3.63) is 48.0 Å². The van der Waals surface area contributed by atoms with E-state index in [9.17, 15) is 5.11 Å². The summed E-state index contributed by atoms with van der Waals surface area (Å²) in [5, 5.41) is 9.98. The topological polar surface area (TPSA) is 47.9 Å². The van der Waals surface area contributed by atoms with Crippen molar-refractivity contribution in [2.75, 3.05) is 13.7 Å². The van der Waals surface area contributed by atoms with Crippen molar-refractivity contribution in [1.29, 1.82) is 0 Å². The van der Waals surface area contributed by atoms with Crippen LogP contribution in [0.3, 0.4) is 0 Å². The fraction of sp³-hybridized carbons (Fsp3) is 0.294. The molecule has 0 aliphatic rings. The number of rotatable bonds is 6. The fourth-order valence-corrected chi connectivity index (χ4v) is 2.13. The first kappa shape index (κ1) is 15.2. The summed E-state index contributed by atoms with van der Waals surface area (Å²) >= 11 is 0. The molecule has 0 saturated heterocycles. The largest absolute Gasteiger partial charge is 0.496 e. The predicted molar refractivity (Wildman–Crippen MR) is 81.3 cm³/mol. The van der Waals surface area contributed by atoms with Crippen LogP contribution in [0.15, 0.2) is 42.5 Å². The van der Waals surface area contributed by atoms with Gasteiger partial charge in [-0.15, -0.1) is 0 Å². The number of methoxy groups -OCH3 is 1. The van der Waals surface area contributed by atoms with E-state index in [1.807, 2.05) is 37.3 Å². The molecule has 0 radical (unpaired) electrons. The van der Waals surface area contributed by atoms with Gasteiger partial charge in [-0.05, 0) is 38.1 Å². The molecule has 2 rings (SSSR count). The minimum Gasteiger partial charge on any atom is -0.496 e. The first-order valence-corrected chi connectivity index (χ1v) is 6.92. The zero-order valence-electron chi connectivity index (χ0n) is 12.5. The highest BCUT2D eigenvalue weighted by molar-refractivity contribution is 5.50. The third-order valence-corrected chi connectivity index (χ3v) is 3.03.